The van der Waals surface area contributed by atoms with Crippen LogP contribution in [0.15, 0.2) is 91.0 Å². The first kappa shape index (κ1) is 36.2. The zero-order valence-corrected chi connectivity index (χ0v) is 30.9. The summed E-state index contributed by atoms with van der Waals surface area (Å²) >= 11 is 5.69. The quantitative estimate of drug-likeness (QED) is 0.117. The summed E-state index contributed by atoms with van der Waals surface area (Å²) in [5, 5.41) is 5.71. The van der Waals surface area contributed by atoms with E-state index in [1.165, 1.54) is 12.1 Å². The van der Waals surface area contributed by atoms with Crippen molar-refractivity contribution in [3.8, 4) is 11.9 Å². The first-order valence-corrected chi connectivity index (χ1v) is 18.1. The Bertz CT molecular complexity index is 2750. The Morgan fingerprint density at radius 2 is 1.21 bits per heavy atom. The highest BCUT2D eigenvalue weighted by Crippen LogP contribution is 2.41. The lowest BCUT2D eigenvalue weighted by molar-refractivity contribution is 0.621. The van der Waals surface area contributed by atoms with Crippen LogP contribution in [-0.4, -0.2) is 39.0 Å². The number of halogens is 4. The summed E-state index contributed by atoms with van der Waals surface area (Å²) < 4.78 is 46.5. The average molecular weight is 775 g/mol. The van der Waals surface area contributed by atoms with E-state index in [1.54, 1.807) is 4.57 Å². The van der Waals surface area contributed by atoms with Gasteiger partial charge in [0.05, 0.1) is 27.1 Å². The van der Waals surface area contributed by atoms with Crippen LogP contribution in [0.5, 0.6) is 0 Å². The smallest absolute Gasteiger partial charge is 0.239 e. The van der Waals surface area contributed by atoms with Crippen LogP contribution in [0, 0.1) is 24.4 Å². The summed E-state index contributed by atoms with van der Waals surface area (Å²) in [6, 6.07) is 26.9. The fourth-order valence-corrected chi connectivity index (χ4v) is 6.28. The topological polar surface area (TPSA) is 163 Å². The van der Waals surface area contributed by atoms with Crippen LogP contribution in [0.2, 0.25) is 5.02 Å². The number of anilines is 6. The van der Waals surface area contributed by atoms with E-state index in [4.69, 9.17) is 28.1 Å². The molecular formula is C40H34ClF3N12. The summed E-state index contributed by atoms with van der Waals surface area (Å²) in [5.74, 6) is -0.326. The zero-order valence-electron chi connectivity index (χ0n) is 30.1. The van der Waals surface area contributed by atoms with Gasteiger partial charge in [0.2, 0.25) is 23.5 Å². The van der Waals surface area contributed by atoms with Gasteiger partial charge in [-0.1, -0.05) is 60.5 Å². The third-order valence-electron chi connectivity index (χ3n) is 9.10. The van der Waals surface area contributed by atoms with E-state index in [9.17, 15) is 13.2 Å². The number of aryl methyl sites for hydroxylation is 2. The Labute approximate surface area is 323 Å². The van der Waals surface area contributed by atoms with Crippen LogP contribution in [0.4, 0.5) is 47.8 Å². The highest BCUT2D eigenvalue weighted by molar-refractivity contribution is 6.30. The molecule has 0 amide bonds. The van der Waals surface area contributed by atoms with E-state index in [1.807, 2.05) is 91.2 Å². The number of rotatable bonds is 8. The van der Waals surface area contributed by atoms with Crippen molar-refractivity contribution in [1.29, 1.82) is 0 Å². The third kappa shape index (κ3) is 7.11. The first-order valence-electron chi connectivity index (χ1n) is 17.7. The van der Waals surface area contributed by atoms with Crippen molar-refractivity contribution in [2.75, 3.05) is 22.1 Å². The first-order chi connectivity index (χ1) is 27.1. The molecule has 1 aliphatic carbocycles. The minimum atomic E-state index is -0.832. The maximum atomic E-state index is 14.6. The monoisotopic (exact) mass is 774 g/mol. The van der Waals surface area contributed by atoms with E-state index in [2.05, 4.69) is 35.6 Å². The molecule has 16 heteroatoms. The van der Waals surface area contributed by atoms with E-state index in [0.29, 0.717) is 24.1 Å². The molecule has 282 valence electrons. The maximum absolute atomic E-state index is 14.6. The lowest BCUT2D eigenvalue weighted by Crippen LogP contribution is -2.11. The van der Waals surface area contributed by atoms with Crippen molar-refractivity contribution in [2.24, 2.45) is 0 Å². The van der Waals surface area contributed by atoms with Gasteiger partial charge in [-0.3, -0.25) is 9.13 Å². The molecule has 4 heterocycles. The number of nitrogens with one attached hydrogen (secondary N) is 2. The van der Waals surface area contributed by atoms with Gasteiger partial charge in [0.15, 0.2) is 23.3 Å². The summed E-state index contributed by atoms with van der Waals surface area (Å²) in [6.45, 7) is 3.94. The number of hydrogen-bond acceptors (Lipinski definition) is 10. The van der Waals surface area contributed by atoms with Gasteiger partial charge in [0.1, 0.15) is 17.5 Å². The lowest BCUT2D eigenvalue weighted by atomic mass is 10.2. The molecule has 6 N–H and O–H groups in total. The van der Waals surface area contributed by atoms with Crippen LogP contribution in [0.25, 0.3) is 34.0 Å². The minimum absolute atomic E-state index is 0.0358. The van der Waals surface area contributed by atoms with Gasteiger partial charge in [-0.15, -0.1) is 0 Å². The SMILES string of the molecule is CCc1nc2ccccc2n1-c1nc(N)c(F)c(Nc2ccc(Cl)c(F)c2)n1.Cc1ccc(Nc2nc(-n3c(C4CC4)nc4ccccc43)nc(N)c2F)cc1. The number of imidazole rings is 2. The van der Waals surface area contributed by atoms with Crippen LogP contribution in [0.1, 0.15) is 42.9 Å². The van der Waals surface area contributed by atoms with E-state index >= 15 is 0 Å². The summed E-state index contributed by atoms with van der Waals surface area (Å²) in [7, 11) is 0. The average Bonchev–Trinajstić information content (AvgIpc) is 3.87. The Morgan fingerprint density at radius 1 is 0.679 bits per heavy atom. The van der Waals surface area contributed by atoms with Crippen molar-refractivity contribution in [3.63, 3.8) is 0 Å². The van der Waals surface area contributed by atoms with Crippen LogP contribution in [-0.2, 0) is 6.42 Å². The number of fused-ring (bicyclic) bond motifs is 2. The Hall–Kier alpha value is -6.74. The molecule has 0 bridgehead atoms. The number of nitrogens with two attached hydrogens (primary N) is 2. The second kappa shape index (κ2) is 14.8. The Kier molecular flexibility index (Phi) is 9.60. The van der Waals surface area contributed by atoms with E-state index in [0.717, 1.165) is 58.1 Å². The largest absolute Gasteiger partial charge is 0.381 e. The molecule has 56 heavy (non-hydrogen) atoms. The number of hydrogen-bond donors (Lipinski definition) is 4. The second-order valence-electron chi connectivity index (χ2n) is 13.2. The van der Waals surface area contributed by atoms with Crippen LogP contribution >= 0.6 is 11.6 Å². The molecule has 0 saturated heterocycles. The molecule has 1 aliphatic rings. The Balaban J connectivity index is 0.000000157. The summed E-state index contributed by atoms with van der Waals surface area (Å²) in [5.41, 5.74) is 17.1. The zero-order chi connectivity index (χ0) is 39.1. The molecule has 4 aromatic carbocycles. The molecule has 0 aliphatic heterocycles. The number of benzene rings is 4. The van der Waals surface area contributed by atoms with Crippen molar-refractivity contribution < 1.29 is 13.2 Å². The normalized spacial score (nSPS) is 12.5. The fraction of sp³-hybridized carbons (Fsp3) is 0.150. The third-order valence-corrected chi connectivity index (χ3v) is 9.41. The van der Waals surface area contributed by atoms with Gasteiger partial charge < -0.3 is 22.1 Å². The van der Waals surface area contributed by atoms with E-state index in [-0.39, 0.29) is 39.9 Å². The number of nitrogens with zero attached hydrogens (tertiary/aromatic N) is 8. The summed E-state index contributed by atoms with van der Waals surface area (Å²) in [4.78, 5) is 26.4. The van der Waals surface area contributed by atoms with Crippen LogP contribution in [0.3, 0.4) is 0 Å². The minimum Gasteiger partial charge on any atom is -0.381 e. The van der Waals surface area contributed by atoms with Gasteiger partial charge in [-0.05, 0) is 74.4 Å². The van der Waals surface area contributed by atoms with Gasteiger partial charge in [0, 0.05) is 23.7 Å². The molecule has 4 aromatic heterocycles. The molecular weight excluding hydrogens is 741 g/mol. The van der Waals surface area contributed by atoms with Gasteiger partial charge >= 0.3 is 0 Å². The molecule has 0 radical (unpaired) electrons. The second-order valence-corrected chi connectivity index (χ2v) is 13.6. The number of aromatic nitrogens is 8. The lowest BCUT2D eigenvalue weighted by Gasteiger charge is -2.12. The van der Waals surface area contributed by atoms with E-state index < -0.39 is 17.5 Å². The molecule has 1 saturated carbocycles. The Morgan fingerprint density at radius 3 is 1.80 bits per heavy atom. The highest BCUT2D eigenvalue weighted by atomic mass is 35.5. The predicted octanol–water partition coefficient (Wildman–Crippen LogP) is 9.10. The predicted molar refractivity (Wildman–Crippen MR) is 213 cm³/mol. The van der Waals surface area contributed by atoms with Gasteiger partial charge in [0.25, 0.3) is 0 Å². The molecule has 12 nitrogen and oxygen atoms in total. The molecule has 0 atom stereocenters. The molecule has 0 unspecified atom stereocenters. The standard InChI is InChI=1S/C21H19FN6.C19H15ClF2N6/c1-12-6-10-14(11-7-12)24-19-17(22)18(23)26-21(27-19)28-16-5-3-2-4-15(16)25-20(28)13-8-9-13;1-2-15-25-13-5-3-4-6-14(13)28(15)19-26-17(23)16(22)18(27-19)24-10-7-8-11(20)12(21)9-10/h2-7,10-11,13H,8-9H2,1H3,(H3,23,24,26,27);3-9H,2H2,1H3,(H3,23,24,26,27). The van der Waals surface area contributed by atoms with Gasteiger partial charge in [-0.25, -0.2) is 14.4 Å². The number of para-hydroxylation sites is 4. The highest BCUT2D eigenvalue weighted by Gasteiger charge is 2.31. The fourth-order valence-electron chi connectivity index (χ4n) is 6.16. The summed E-state index contributed by atoms with van der Waals surface area (Å²) in [6.07, 6.45) is 2.77. The molecule has 1 fully saturated rings. The maximum Gasteiger partial charge on any atom is 0.239 e. The van der Waals surface area contributed by atoms with Crippen LogP contribution < -0.4 is 22.1 Å². The van der Waals surface area contributed by atoms with Crippen molar-refractivity contribution >= 4 is 68.3 Å². The van der Waals surface area contributed by atoms with Crippen molar-refractivity contribution in [3.05, 3.63) is 131 Å². The van der Waals surface area contributed by atoms with Crippen molar-refractivity contribution in [1.82, 2.24) is 39.0 Å². The molecule has 0 spiro atoms. The number of nitrogen functional groups attached to an aromatic ring is 2. The van der Waals surface area contributed by atoms with Crippen molar-refractivity contribution in [2.45, 2.75) is 39.0 Å². The molecule has 8 aromatic rings. The van der Waals surface area contributed by atoms with Gasteiger partial charge in [-0.2, -0.15) is 28.7 Å². The molecule has 9 rings (SSSR count).